The lowest BCUT2D eigenvalue weighted by Gasteiger charge is -2.24. The number of rotatable bonds is 7. The minimum absolute atomic E-state index is 0.391. The van der Waals surface area contributed by atoms with Crippen molar-refractivity contribution in [2.75, 3.05) is 6.61 Å². The van der Waals surface area contributed by atoms with E-state index in [2.05, 4.69) is 4.98 Å². The molecule has 0 aliphatic heterocycles. The maximum atomic E-state index is 12.3. The van der Waals surface area contributed by atoms with Crippen LogP contribution in [-0.4, -0.2) is 28.9 Å². The van der Waals surface area contributed by atoms with Gasteiger partial charge < -0.3 is 9.47 Å². The highest BCUT2D eigenvalue weighted by Crippen LogP contribution is 2.23. The highest BCUT2D eigenvalue weighted by Gasteiger charge is 2.33. The zero-order chi connectivity index (χ0) is 19.3. The number of hydrogen-bond acceptors (Lipinski definition) is 7. The second kappa shape index (κ2) is 8.30. The molecule has 1 atom stereocenters. The zero-order valence-corrected chi connectivity index (χ0v) is 16.1. The molecule has 0 bridgehead atoms. The van der Waals surface area contributed by atoms with E-state index in [0.717, 1.165) is 5.69 Å². The lowest BCUT2D eigenvalue weighted by molar-refractivity contribution is -0.161. The predicted molar refractivity (Wildman–Crippen MR) is 97.3 cm³/mol. The average Bonchev–Trinajstić information content (AvgIpc) is 3.01. The first-order valence-electron chi connectivity index (χ1n) is 7.69. The number of ether oxygens (including phenoxy) is 2. The summed E-state index contributed by atoms with van der Waals surface area (Å²) in [5, 5.41) is 11.9. The number of benzene rings is 1. The molecular weight excluding hydrogens is 376 g/mol. The van der Waals surface area contributed by atoms with Crippen LogP contribution in [0.1, 0.15) is 30.5 Å². The third-order valence-corrected chi connectivity index (χ3v) is 4.64. The lowest BCUT2D eigenvalue weighted by atomic mass is 10.1. The highest BCUT2D eigenvalue weighted by atomic mass is 35.5. The van der Waals surface area contributed by atoms with Crippen molar-refractivity contribution in [2.24, 2.45) is 0 Å². The fourth-order valence-electron chi connectivity index (χ4n) is 2.00. The smallest absolute Gasteiger partial charge is 0.350 e. The third-order valence-electron chi connectivity index (χ3n) is 3.36. The number of thiazole rings is 1. The number of Topliss-reactive ketones (excluding diaryl/α,β-unsaturated/α-hetero) is 1. The van der Waals surface area contributed by atoms with Gasteiger partial charge in [-0.15, -0.1) is 11.3 Å². The maximum absolute atomic E-state index is 12.3. The molecule has 0 saturated heterocycles. The first-order valence-corrected chi connectivity index (χ1v) is 8.95. The molecule has 2 aromatic rings. The van der Waals surface area contributed by atoms with Crippen molar-refractivity contribution in [3.05, 3.63) is 45.4 Å². The standard InChI is InChI=1S/C18H17ClN2O4S/c1-11-10-26-16(21-11)14(8-20)15(22)9-24-17(23)18(2,3)25-13-6-4-12(19)5-7-13/h4-7,10,14H,9H2,1-3H3/t14-/m0/s1. The maximum Gasteiger partial charge on any atom is 0.350 e. The van der Waals surface area contributed by atoms with Crippen LogP contribution in [-0.2, 0) is 14.3 Å². The topological polar surface area (TPSA) is 89.3 Å². The zero-order valence-electron chi connectivity index (χ0n) is 14.5. The van der Waals surface area contributed by atoms with Gasteiger partial charge in [0.2, 0.25) is 0 Å². The van der Waals surface area contributed by atoms with E-state index in [0.29, 0.717) is 15.8 Å². The van der Waals surface area contributed by atoms with Crippen molar-refractivity contribution < 1.29 is 19.1 Å². The third kappa shape index (κ3) is 5.04. The van der Waals surface area contributed by atoms with Crippen molar-refractivity contribution in [2.45, 2.75) is 32.3 Å². The van der Waals surface area contributed by atoms with Gasteiger partial charge in [-0.2, -0.15) is 5.26 Å². The van der Waals surface area contributed by atoms with Crippen molar-refractivity contribution in [1.82, 2.24) is 4.98 Å². The van der Waals surface area contributed by atoms with Gasteiger partial charge in [0.05, 0.1) is 6.07 Å². The Bertz CT molecular complexity index is 840. The number of carbonyl (C=O) groups excluding carboxylic acids is 2. The monoisotopic (exact) mass is 392 g/mol. The molecule has 26 heavy (non-hydrogen) atoms. The van der Waals surface area contributed by atoms with Gasteiger partial charge >= 0.3 is 5.97 Å². The summed E-state index contributed by atoms with van der Waals surface area (Å²) in [6.45, 7) is 4.30. The van der Waals surface area contributed by atoms with Crippen molar-refractivity contribution >= 4 is 34.7 Å². The second-order valence-electron chi connectivity index (χ2n) is 6.00. The molecule has 0 saturated carbocycles. The Kier molecular flexibility index (Phi) is 6.35. The van der Waals surface area contributed by atoms with Crippen LogP contribution in [0.25, 0.3) is 0 Å². The summed E-state index contributed by atoms with van der Waals surface area (Å²) < 4.78 is 10.7. The van der Waals surface area contributed by atoms with Crippen LogP contribution in [0.4, 0.5) is 0 Å². The van der Waals surface area contributed by atoms with E-state index in [1.807, 2.05) is 6.07 Å². The first kappa shape index (κ1) is 19.9. The van der Waals surface area contributed by atoms with Crippen LogP contribution in [0, 0.1) is 18.3 Å². The van der Waals surface area contributed by atoms with Gasteiger partial charge in [-0.05, 0) is 45.0 Å². The minimum Gasteiger partial charge on any atom is -0.476 e. The van der Waals surface area contributed by atoms with E-state index in [-0.39, 0.29) is 0 Å². The normalized spacial score (nSPS) is 12.1. The van der Waals surface area contributed by atoms with E-state index >= 15 is 0 Å². The molecule has 0 amide bonds. The van der Waals surface area contributed by atoms with Crippen LogP contribution in [0.15, 0.2) is 29.6 Å². The van der Waals surface area contributed by atoms with Crippen LogP contribution in [0.3, 0.4) is 0 Å². The molecule has 6 nitrogen and oxygen atoms in total. The lowest BCUT2D eigenvalue weighted by Crippen LogP contribution is -2.40. The van der Waals surface area contributed by atoms with Crippen LogP contribution in [0.2, 0.25) is 5.02 Å². The Hall–Kier alpha value is -2.43. The van der Waals surface area contributed by atoms with E-state index in [1.54, 1.807) is 36.6 Å². The van der Waals surface area contributed by atoms with Gasteiger partial charge in [0.25, 0.3) is 0 Å². The molecular formula is C18H17ClN2O4S. The van der Waals surface area contributed by atoms with E-state index < -0.39 is 29.9 Å². The number of hydrogen-bond donors (Lipinski definition) is 0. The summed E-state index contributed by atoms with van der Waals surface area (Å²) in [6, 6.07) is 8.42. The largest absolute Gasteiger partial charge is 0.476 e. The van der Waals surface area contributed by atoms with Crippen molar-refractivity contribution in [3.8, 4) is 11.8 Å². The number of aryl methyl sites for hydroxylation is 1. The molecule has 1 heterocycles. The molecule has 0 N–H and O–H groups in total. The molecule has 0 aliphatic carbocycles. The Morgan fingerprint density at radius 2 is 2.00 bits per heavy atom. The second-order valence-corrected chi connectivity index (χ2v) is 7.32. The molecule has 0 unspecified atom stereocenters. The fraction of sp³-hybridized carbons (Fsp3) is 0.333. The van der Waals surface area contributed by atoms with Crippen molar-refractivity contribution in [1.29, 1.82) is 5.26 Å². The molecule has 136 valence electrons. The molecule has 1 aromatic carbocycles. The summed E-state index contributed by atoms with van der Waals surface area (Å²) in [5.41, 5.74) is -0.582. The van der Waals surface area contributed by atoms with Crippen LogP contribution >= 0.6 is 22.9 Å². The van der Waals surface area contributed by atoms with Crippen LogP contribution in [0.5, 0.6) is 5.75 Å². The Labute approximate surface area is 160 Å². The van der Waals surface area contributed by atoms with E-state index in [4.69, 9.17) is 21.1 Å². The summed E-state index contributed by atoms with van der Waals surface area (Å²) in [5.74, 6) is -1.86. The summed E-state index contributed by atoms with van der Waals surface area (Å²) in [6.07, 6.45) is 0. The Balaban J connectivity index is 1.96. The molecule has 0 aliphatic rings. The highest BCUT2D eigenvalue weighted by molar-refractivity contribution is 7.09. The van der Waals surface area contributed by atoms with Gasteiger partial charge in [-0.3, -0.25) is 4.79 Å². The average molecular weight is 393 g/mol. The van der Waals surface area contributed by atoms with E-state index in [1.165, 1.54) is 25.2 Å². The van der Waals surface area contributed by atoms with Gasteiger partial charge in [-0.25, -0.2) is 9.78 Å². The van der Waals surface area contributed by atoms with Gasteiger partial charge in [-0.1, -0.05) is 11.6 Å². The number of nitriles is 1. The number of nitrogens with zero attached hydrogens (tertiary/aromatic N) is 2. The molecule has 0 radical (unpaired) electrons. The summed E-state index contributed by atoms with van der Waals surface area (Å²) in [7, 11) is 0. The van der Waals surface area contributed by atoms with Gasteiger partial charge in [0.15, 0.2) is 23.9 Å². The molecule has 2 rings (SSSR count). The summed E-state index contributed by atoms with van der Waals surface area (Å²) in [4.78, 5) is 28.6. The number of halogens is 1. The first-order chi connectivity index (χ1) is 12.2. The summed E-state index contributed by atoms with van der Waals surface area (Å²) >= 11 is 7.03. The SMILES string of the molecule is Cc1csc([C@@H](C#N)C(=O)COC(=O)C(C)(C)Oc2ccc(Cl)cc2)n1. The Morgan fingerprint density at radius 3 is 2.54 bits per heavy atom. The van der Waals surface area contributed by atoms with Crippen molar-refractivity contribution in [3.63, 3.8) is 0 Å². The molecule has 8 heteroatoms. The molecule has 1 aromatic heterocycles. The fourth-order valence-corrected chi connectivity index (χ4v) is 2.99. The van der Waals surface area contributed by atoms with E-state index in [9.17, 15) is 14.9 Å². The van der Waals surface area contributed by atoms with Gasteiger partial charge in [0.1, 0.15) is 10.8 Å². The number of ketones is 1. The predicted octanol–water partition coefficient (Wildman–Crippen LogP) is 3.68. The Morgan fingerprint density at radius 1 is 1.35 bits per heavy atom. The molecule has 0 spiro atoms. The van der Waals surface area contributed by atoms with Gasteiger partial charge in [0, 0.05) is 16.1 Å². The van der Waals surface area contributed by atoms with Crippen LogP contribution < -0.4 is 4.74 Å². The number of esters is 1. The quantitative estimate of drug-likeness (QED) is 0.667. The number of carbonyl (C=O) groups is 2. The molecule has 0 fully saturated rings. The number of aromatic nitrogens is 1. The minimum atomic E-state index is -1.31.